The van der Waals surface area contributed by atoms with Crippen molar-refractivity contribution in [2.24, 2.45) is 5.84 Å². The minimum Gasteiger partial charge on any atom is -0.497 e. The lowest BCUT2D eigenvalue weighted by atomic mass is 10.1. The number of hydrogen-bond acceptors (Lipinski definition) is 6. The summed E-state index contributed by atoms with van der Waals surface area (Å²) in [5, 5.41) is 3.16. The third kappa shape index (κ3) is 8.97. The van der Waals surface area contributed by atoms with Gasteiger partial charge in [-0.1, -0.05) is 42.0 Å². The van der Waals surface area contributed by atoms with Gasteiger partial charge in [-0.15, -0.1) is 0 Å². The van der Waals surface area contributed by atoms with E-state index in [0.29, 0.717) is 13.0 Å². The number of hydrogen-bond donors (Lipinski definition) is 3. The molecule has 3 aromatic carbocycles. The van der Waals surface area contributed by atoms with Gasteiger partial charge in [0.1, 0.15) is 23.9 Å². The van der Waals surface area contributed by atoms with Gasteiger partial charge in [-0.05, 0) is 49.7 Å². The molecule has 4 N–H and O–H groups in total. The number of aryl methyl sites for hydroxylation is 2. The highest BCUT2D eigenvalue weighted by molar-refractivity contribution is 5.57. The molecule has 0 unspecified atom stereocenters. The number of para-hydroxylation sites is 1. The molecule has 3 rings (SSSR count). The molecule has 172 valence electrons. The van der Waals surface area contributed by atoms with Crippen molar-refractivity contribution in [2.75, 3.05) is 26.6 Å². The molecule has 32 heavy (non-hydrogen) atoms. The molecule has 0 radical (unpaired) electrons. The van der Waals surface area contributed by atoms with E-state index in [4.69, 9.17) is 19.0 Å². The van der Waals surface area contributed by atoms with Gasteiger partial charge in [0.2, 0.25) is 6.41 Å². The molecule has 0 bridgehead atoms. The van der Waals surface area contributed by atoms with Crippen molar-refractivity contribution in [1.29, 1.82) is 0 Å². The molecule has 0 heterocycles. The molecular weight excluding hydrogens is 406 g/mol. The predicted molar refractivity (Wildman–Crippen MR) is 129 cm³/mol. The molecule has 1 amide bonds. The maximum atomic E-state index is 8.94. The Balaban J connectivity index is 0.000000326. The first kappa shape index (κ1) is 26.3. The van der Waals surface area contributed by atoms with Gasteiger partial charge in [0.15, 0.2) is 0 Å². The Hall–Kier alpha value is -3.71. The zero-order valence-corrected chi connectivity index (χ0v) is 19.3. The van der Waals surface area contributed by atoms with E-state index in [0.717, 1.165) is 34.1 Å². The molecule has 0 fully saturated rings. The van der Waals surface area contributed by atoms with E-state index < -0.39 is 0 Å². The van der Waals surface area contributed by atoms with Crippen LogP contribution in [0.5, 0.6) is 17.2 Å². The second kappa shape index (κ2) is 15.1. The van der Waals surface area contributed by atoms with Gasteiger partial charge in [0, 0.05) is 12.7 Å². The van der Waals surface area contributed by atoms with Gasteiger partial charge in [0.25, 0.3) is 0 Å². The lowest BCUT2D eigenvalue weighted by Crippen LogP contribution is -2.18. The summed E-state index contributed by atoms with van der Waals surface area (Å²) in [6.07, 6.45) is 0.403. The molecule has 7 heteroatoms. The van der Waals surface area contributed by atoms with Crippen LogP contribution in [-0.4, -0.2) is 27.7 Å². The van der Waals surface area contributed by atoms with E-state index in [1.54, 1.807) is 19.6 Å². The zero-order valence-electron chi connectivity index (χ0n) is 19.3. The third-order valence-corrected chi connectivity index (χ3v) is 4.41. The maximum Gasteiger partial charge on any atom is 0.221 e. The van der Waals surface area contributed by atoms with Crippen molar-refractivity contribution < 1.29 is 19.0 Å². The fourth-order valence-electron chi connectivity index (χ4n) is 2.68. The summed E-state index contributed by atoms with van der Waals surface area (Å²) in [6.45, 7) is 4.57. The Labute approximate surface area is 190 Å². The highest BCUT2D eigenvalue weighted by Gasteiger charge is 2.09. The van der Waals surface area contributed by atoms with Crippen LogP contribution >= 0.6 is 0 Å². The SMILES string of the molecule is CNc1cccc(OC)c1COc1ccccc1C.COc1ccc(C)cc1.NNC=O. The monoisotopic (exact) mass is 439 g/mol. The van der Waals surface area contributed by atoms with Crippen molar-refractivity contribution in [3.05, 3.63) is 83.4 Å². The Bertz CT molecular complexity index is 908. The van der Waals surface area contributed by atoms with E-state index in [9.17, 15) is 0 Å². The fourth-order valence-corrected chi connectivity index (χ4v) is 2.68. The maximum absolute atomic E-state index is 8.94. The number of carbonyl (C=O) groups is 1. The first-order valence-corrected chi connectivity index (χ1v) is 10.0. The van der Waals surface area contributed by atoms with Crippen molar-refractivity contribution in [3.8, 4) is 17.2 Å². The lowest BCUT2D eigenvalue weighted by molar-refractivity contribution is -0.109. The number of carbonyl (C=O) groups excluding carboxylic acids is 1. The van der Waals surface area contributed by atoms with Crippen LogP contribution in [0.25, 0.3) is 0 Å². The second-order valence-corrected chi connectivity index (χ2v) is 6.59. The van der Waals surface area contributed by atoms with Gasteiger partial charge in [-0.25, -0.2) is 5.84 Å². The first-order chi connectivity index (χ1) is 15.5. The summed E-state index contributed by atoms with van der Waals surface area (Å²) in [4.78, 5) is 8.94. The zero-order chi connectivity index (χ0) is 23.8. The van der Waals surface area contributed by atoms with Crippen LogP contribution in [0.4, 0.5) is 5.69 Å². The Kier molecular flexibility index (Phi) is 12.5. The Morgan fingerprint density at radius 3 is 2.03 bits per heavy atom. The molecule has 7 nitrogen and oxygen atoms in total. The summed E-state index contributed by atoms with van der Waals surface area (Å²) in [5.74, 6) is 7.06. The highest BCUT2D eigenvalue weighted by atomic mass is 16.5. The summed E-state index contributed by atoms with van der Waals surface area (Å²) < 4.78 is 16.2. The number of ether oxygens (including phenoxy) is 3. The van der Waals surface area contributed by atoms with Gasteiger partial charge < -0.3 is 19.5 Å². The highest BCUT2D eigenvalue weighted by Crippen LogP contribution is 2.28. The van der Waals surface area contributed by atoms with Gasteiger partial charge in [-0.3, -0.25) is 10.2 Å². The van der Waals surface area contributed by atoms with E-state index in [1.807, 2.05) is 80.7 Å². The van der Waals surface area contributed by atoms with Crippen LogP contribution in [0.1, 0.15) is 16.7 Å². The standard InChI is InChI=1S/C16H19NO2.C8H10O.CH4N2O/c1-12-7-4-5-9-15(12)19-11-13-14(17-2)8-6-10-16(13)18-3;1-7-3-5-8(9-2)6-4-7;2-3-1-4/h4-10,17H,11H2,1-3H3;3-6H,1-2H3;1H,2H2,(H,3,4). The average Bonchev–Trinajstić information content (AvgIpc) is 2.84. The molecule has 0 aliphatic rings. The van der Waals surface area contributed by atoms with Crippen molar-refractivity contribution in [2.45, 2.75) is 20.5 Å². The molecule has 0 saturated heterocycles. The smallest absolute Gasteiger partial charge is 0.221 e. The number of rotatable bonds is 7. The molecule has 0 aromatic heterocycles. The number of amides is 1. The van der Waals surface area contributed by atoms with Crippen LogP contribution in [0, 0.1) is 13.8 Å². The van der Waals surface area contributed by atoms with Crippen LogP contribution in [0.2, 0.25) is 0 Å². The molecule has 0 aliphatic carbocycles. The van der Waals surface area contributed by atoms with Crippen molar-refractivity contribution in [3.63, 3.8) is 0 Å². The van der Waals surface area contributed by atoms with Gasteiger partial charge in [0.05, 0.1) is 19.8 Å². The van der Waals surface area contributed by atoms with Crippen molar-refractivity contribution in [1.82, 2.24) is 5.43 Å². The minimum absolute atomic E-state index is 0.403. The molecule has 0 spiro atoms. The van der Waals surface area contributed by atoms with E-state index in [2.05, 4.69) is 18.1 Å². The molecule has 3 aromatic rings. The van der Waals surface area contributed by atoms with Crippen LogP contribution < -0.4 is 30.8 Å². The van der Waals surface area contributed by atoms with E-state index in [1.165, 1.54) is 5.56 Å². The normalized spacial score (nSPS) is 9.19. The van der Waals surface area contributed by atoms with E-state index >= 15 is 0 Å². The molecular formula is C25H33N3O4. The Morgan fingerprint density at radius 2 is 1.50 bits per heavy atom. The van der Waals surface area contributed by atoms with Gasteiger partial charge >= 0.3 is 0 Å². The Morgan fingerprint density at radius 1 is 0.875 bits per heavy atom. The third-order valence-electron chi connectivity index (χ3n) is 4.41. The number of anilines is 1. The molecule has 0 aliphatic heterocycles. The minimum atomic E-state index is 0.403. The average molecular weight is 440 g/mol. The second-order valence-electron chi connectivity index (χ2n) is 6.59. The van der Waals surface area contributed by atoms with Gasteiger partial charge in [-0.2, -0.15) is 0 Å². The van der Waals surface area contributed by atoms with Crippen LogP contribution in [0.15, 0.2) is 66.7 Å². The quantitative estimate of drug-likeness (QED) is 0.221. The summed E-state index contributed by atoms with van der Waals surface area (Å²) in [6, 6.07) is 21.9. The molecule has 0 saturated carbocycles. The summed E-state index contributed by atoms with van der Waals surface area (Å²) in [5.41, 5.74) is 6.18. The largest absolute Gasteiger partial charge is 0.497 e. The van der Waals surface area contributed by atoms with Crippen LogP contribution in [0.3, 0.4) is 0 Å². The van der Waals surface area contributed by atoms with E-state index in [-0.39, 0.29) is 0 Å². The van der Waals surface area contributed by atoms with Crippen molar-refractivity contribution >= 4 is 12.1 Å². The number of nitrogens with two attached hydrogens (primary N) is 1. The summed E-state index contributed by atoms with van der Waals surface area (Å²) >= 11 is 0. The lowest BCUT2D eigenvalue weighted by Gasteiger charge is -2.15. The first-order valence-electron chi connectivity index (χ1n) is 10.0. The number of benzene rings is 3. The van der Waals surface area contributed by atoms with Crippen LogP contribution in [-0.2, 0) is 11.4 Å². The summed E-state index contributed by atoms with van der Waals surface area (Å²) in [7, 11) is 5.24. The molecule has 0 atom stereocenters. The fraction of sp³-hybridized carbons (Fsp3) is 0.240. The number of nitrogens with one attached hydrogen (secondary N) is 2. The predicted octanol–water partition coefficient (Wildman–Crippen LogP) is 4.23. The number of hydrazine groups is 1. The number of methoxy groups -OCH3 is 2. The topological polar surface area (TPSA) is 94.8 Å².